The summed E-state index contributed by atoms with van der Waals surface area (Å²) in [5.41, 5.74) is 4.93. The number of nitrogens with zero attached hydrogens (tertiary/aromatic N) is 1. The Kier molecular flexibility index (Phi) is 3.72. The molecular formula is C19H19NO. The maximum atomic E-state index is 10.6. The molecule has 0 aliphatic heterocycles. The Balaban J connectivity index is 2.02. The Morgan fingerprint density at radius 1 is 1.05 bits per heavy atom. The van der Waals surface area contributed by atoms with Crippen LogP contribution in [0.25, 0.3) is 10.9 Å². The number of fused-ring (bicyclic) bond motifs is 1. The molecule has 0 aliphatic carbocycles. The second-order valence-electron chi connectivity index (χ2n) is 5.38. The summed E-state index contributed by atoms with van der Waals surface area (Å²) < 4.78 is 0. The number of hydrogen-bond donors (Lipinski definition) is 1. The van der Waals surface area contributed by atoms with Gasteiger partial charge in [-0.05, 0) is 42.2 Å². The maximum Gasteiger partial charge on any atom is 0.121 e. The molecule has 3 rings (SSSR count). The summed E-state index contributed by atoms with van der Waals surface area (Å²) in [5, 5.41) is 11.7. The highest BCUT2D eigenvalue weighted by atomic mass is 16.3. The first-order valence-corrected chi connectivity index (χ1v) is 7.32. The van der Waals surface area contributed by atoms with E-state index in [2.05, 4.69) is 37.0 Å². The molecule has 1 atom stereocenters. The molecule has 0 fully saturated rings. The van der Waals surface area contributed by atoms with Gasteiger partial charge < -0.3 is 5.11 Å². The molecule has 1 N–H and O–H groups in total. The molecule has 0 saturated heterocycles. The van der Waals surface area contributed by atoms with Crippen molar-refractivity contribution in [3.8, 4) is 0 Å². The quantitative estimate of drug-likeness (QED) is 0.778. The molecule has 0 saturated carbocycles. The lowest BCUT2D eigenvalue weighted by Crippen LogP contribution is -2.03. The molecule has 2 aromatic carbocycles. The van der Waals surface area contributed by atoms with Crippen LogP contribution in [-0.2, 0) is 6.42 Å². The summed E-state index contributed by atoms with van der Waals surface area (Å²) in [6.45, 7) is 4.18. The number of para-hydroxylation sites is 1. The minimum atomic E-state index is -0.681. The molecule has 0 bridgehead atoms. The van der Waals surface area contributed by atoms with Crippen LogP contribution < -0.4 is 0 Å². The number of aromatic nitrogens is 1. The van der Waals surface area contributed by atoms with Crippen molar-refractivity contribution in [2.24, 2.45) is 0 Å². The Hall–Kier alpha value is -2.19. The second-order valence-corrected chi connectivity index (χ2v) is 5.38. The van der Waals surface area contributed by atoms with Crippen LogP contribution in [0, 0.1) is 6.92 Å². The number of benzene rings is 2. The van der Waals surface area contributed by atoms with Crippen LogP contribution in [0.5, 0.6) is 0 Å². The van der Waals surface area contributed by atoms with Crippen LogP contribution in [0.15, 0.2) is 54.6 Å². The van der Waals surface area contributed by atoms with Crippen molar-refractivity contribution < 1.29 is 5.11 Å². The summed E-state index contributed by atoms with van der Waals surface area (Å²) in [4.78, 5) is 4.60. The third kappa shape index (κ3) is 2.67. The van der Waals surface area contributed by atoms with E-state index in [9.17, 15) is 5.11 Å². The second kappa shape index (κ2) is 5.66. The fraction of sp³-hybridized carbons (Fsp3) is 0.211. The van der Waals surface area contributed by atoms with Crippen molar-refractivity contribution in [1.82, 2.24) is 4.98 Å². The minimum Gasteiger partial charge on any atom is -0.382 e. The van der Waals surface area contributed by atoms with E-state index in [1.807, 2.05) is 36.4 Å². The van der Waals surface area contributed by atoms with Crippen molar-refractivity contribution in [2.45, 2.75) is 26.4 Å². The molecule has 106 valence electrons. The predicted molar refractivity (Wildman–Crippen MR) is 86.4 cm³/mol. The van der Waals surface area contributed by atoms with Gasteiger partial charge in [0.1, 0.15) is 6.10 Å². The first kappa shape index (κ1) is 13.8. The fourth-order valence-electron chi connectivity index (χ4n) is 2.62. The molecule has 0 aliphatic rings. The van der Waals surface area contributed by atoms with Crippen LogP contribution in [-0.4, -0.2) is 10.1 Å². The first-order chi connectivity index (χ1) is 10.2. The van der Waals surface area contributed by atoms with Gasteiger partial charge in [0.05, 0.1) is 11.2 Å². The van der Waals surface area contributed by atoms with Crippen LogP contribution in [0.1, 0.15) is 35.4 Å². The molecule has 0 amide bonds. The van der Waals surface area contributed by atoms with Gasteiger partial charge in [-0.3, -0.25) is 0 Å². The summed E-state index contributed by atoms with van der Waals surface area (Å²) in [6, 6.07) is 18.1. The van der Waals surface area contributed by atoms with Gasteiger partial charge >= 0.3 is 0 Å². The van der Waals surface area contributed by atoms with Gasteiger partial charge in [0.25, 0.3) is 0 Å². The predicted octanol–water partition coefficient (Wildman–Crippen LogP) is 4.19. The smallest absolute Gasteiger partial charge is 0.121 e. The average Bonchev–Trinajstić information content (AvgIpc) is 2.54. The van der Waals surface area contributed by atoms with E-state index in [0.29, 0.717) is 5.69 Å². The zero-order valence-corrected chi connectivity index (χ0v) is 12.4. The molecule has 1 aromatic heterocycles. The number of rotatable bonds is 3. The number of hydrogen-bond acceptors (Lipinski definition) is 2. The summed E-state index contributed by atoms with van der Waals surface area (Å²) in [6.07, 6.45) is 0.322. The van der Waals surface area contributed by atoms with Crippen LogP contribution >= 0.6 is 0 Å². The molecule has 21 heavy (non-hydrogen) atoms. The van der Waals surface area contributed by atoms with Gasteiger partial charge in [-0.2, -0.15) is 0 Å². The molecule has 2 heteroatoms. The maximum absolute atomic E-state index is 10.6. The lowest BCUT2D eigenvalue weighted by molar-refractivity contribution is 0.215. The third-order valence-corrected chi connectivity index (χ3v) is 3.93. The Labute approximate surface area is 125 Å². The van der Waals surface area contributed by atoms with Crippen molar-refractivity contribution in [2.75, 3.05) is 0 Å². The van der Waals surface area contributed by atoms with Crippen molar-refractivity contribution in [3.63, 3.8) is 0 Å². The minimum absolute atomic E-state index is 0.681. The van der Waals surface area contributed by atoms with E-state index in [1.165, 1.54) is 5.56 Å². The Morgan fingerprint density at radius 3 is 2.48 bits per heavy atom. The van der Waals surface area contributed by atoms with E-state index < -0.39 is 6.10 Å². The van der Waals surface area contributed by atoms with E-state index >= 15 is 0 Å². The van der Waals surface area contributed by atoms with Crippen molar-refractivity contribution in [3.05, 3.63) is 77.0 Å². The molecule has 3 aromatic rings. The highest BCUT2D eigenvalue weighted by molar-refractivity contribution is 5.82. The molecule has 0 spiro atoms. The van der Waals surface area contributed by atoms with E-state index in [4.69, 9.17) is 0 Å². The van der Waals surface area contributed by atoms with Gasteiger partial charge in [-0.15, -0.1) is 0 Å². The first-order valence-electron chi connectivity index (χ1n) is 7.32. The standard InChI is InChI=1S/C19H19NO/c1-3-14-8-10-15(11-9-14)19(21)18-12-13(2)16-6-4-5-7-17(16)20-18/h4-12,19,21H,3H2,1-2H3. The highest BCUT2D eigenvalue weighted by Gasteiger charge is 2.13. The van der Waals surface area contributed by atoms with Gasteiger partial charge in [0.15, 0.2) is 0 Å². The number of aliphatic hydroxyl groups is 1. The van der Waals surface area contributed by atoms with Crippen LogP contribution in [0.3, 0.4) is 0 Å². The van der Waals surface area contributed by atoms with Gasteiger partial charge in [0, 0.05) is 5.39 Å². The summed E-state index contributed by atoms with van der Waals surface area (Å²) in [7, 11) is 0. The van der Waals surface area contributed by atoms with E-state index in [1.54, 1.807) is 0 Å². The van der Waals surface area contributed by atoms with E-state index in [-0.39, 0.29) is 0 Å². The molecule has 0 radical (unpaired) electrons. The summed E-state index contributed by atoms with van der Waals surface area (Å²) >= 11 is 0. The highest BCUT2D eigenvalue weighted by Crippen LogP contribution is 2.25. The fourth-order valence-corrected chi connectivity index (χ4v) is 2.62. The lowest BCUT2D eigenvalue weighted by Gasteiger charge is -2.13. The number of aryl methyl sites for hydroxylation is 2. The van der Waals surface area contributed by atoms with E-state index in [0.717, 1.165) is 28.5 Å². The van der Waals surface area contributed by atoms with Gasteiger partial charge in [-0.1, -0.05) is 49.4 Å². The number of aliphatic hydroxyl groups excluding tert-OH is 1. The monoisotopic (exact) mass is 277 g/mol. The number of pyridine rings is 1. The van der Waals surface area contributed by atoms with Gasteiger partial charge in [0.2, 0.25) is 0 Å². The largest absolute Gasteiger partial charge is 0.382 e. The van der Waals surface area contributed by atoms with Crippen LogP contribution in [0.4, 0.5) is 0 Å². The molecule has 2 nitrogen and oxygen atoms in total. The van der Waals surface area contributed by atoms with Crippen molar-refractivity contribution in [1.29, 1.82) is 0 Å². The normalized spacial score (nSPS) is 12.5. The molecule has 1 heterocycles. The Morgan fingerprint density at radius 2 is 1.76 bits per heavy atom. The van der Waals surface area contributed by atoms with Gasteiger partial charge in [-0.25, -0.2) is 4.98 Å². The molecular weight excluding hydrogens is 258 g/mol. The lowest BCUT2D eigenvalue weighted by atomic mass is 10.0. The average molecular weight is 277 g/mol. The summed E-state index contributed by atoms with van der Waals surface area (Å²) in [5.74, 6) is 0. The molecule has 1 unspecified atom stereocenters. The van der Waals surface area contributed by atoms with Crippen molar-refractivity contribution >= 4 is 10.9 Å². The Bertz CT molecular complexity index is 762. The third-order valence-electron chi connectivity index (χ3n) is 3.93. The zero-order valence-electron chi connectivity index (χ0n) is 12.4. The zero-order chi connectivity index (χ0) is 14.8. The SMILES string of the molecule is CCc1ccc(C(O)c2cc(C)c3ccccc3n2)cc1. The van der Waals surface area contributed by atoms with Crippen LogP contribution in [0.2, 0.25) is 0 Å². The topological polar surface area (TPSA) is 33.1 Å².